The molecule has 5 spiro atoms. The number of fused-ring (bicyclic) bond motifs is 10. The number of aromatic nitrogens is 11. The van der Waals surface area contributed by atoms with E-state index >= 15 is 0 Å². The summed E-state index contributed by atoms with van der Waals surface area (Å²) in [4.78, 5) is 122. The van der Waals surface area contributed by atoms with Crippen LogP contribution in [0.5, 0.6) is 0 Å². The van der Waals surface area contributed by atoms with Crippen molar-refractivity contribution in [3.05, 3.63) is 165 Å². The summed E-state index contributed by atoms with van der Waals surface area (Å²) in [6, 6.07) is 12.7. The fourth-order valence-corrected chi connectivity index (χ4v) is 25.1. The van der Waals surface area contributed by atoms with Gasteiger partial charge in [0.15, 0.2) is 0 Å². The van der Waals surface area contributed by atoms with Crippen molar-refractivity contribution in [1.82, 2.24) is 84.3 Å². The number of carbonyl (C=O) groups excluding carboxylic acids is 6. The van der Waals surface area contributed by atoms with Gasteiger partial charge in [-0.05, 0) is 311 Å². The summed E-state index contributed by atoms with van der Waals surface area (Å²) < 4.78 is 26.0. The molecule has 30 nitrogen and oxygen atoms in total. The molecule has 5 atom stereocenters. The number of ether oxygens (including phenoxy) is 4. The highest BCUT2D eigenvalue weighted by Crippen LogP contribution is 2.64. The predicted molar refractivity (Wildman–Crippen MR) is 577 cm³/mol. The number of likely N-dealkylation sites (tertiary alicyclic amines) is 4. The quantitative estimate of drug-likeness (QED) is 0.0729. The zero-order valence-corrected chi connectivity index (χ0v) is 96.6. The molecule has 7 aromatic rings. The number of carbonyl (C=O) groups is 6. The first kappa shape index (κ1) is 115. The van der Waals surface area contributed by atoms with E-state index in [4.69, 9.17) is 108 Å². The van der Waals surface area contributed by atoms with Crippen LogP contribution in [0.1, 0.15) is 375 Å². The Morgan fingerprint density at radius 1 is 0.401 bits per heavy atom. The van der Waals surface area contributed by atoms with Gasteiger partial charge in [0.05, 0.1) is 111 Å². The van der Waals surface area contributed by atoms with Crippen molar-refractivity contribution < 1.29 is 47.7 Å². The third-order valence-corrected chi connectivity index (χ3v) is 35.0. The topological polar surface area (TPSA) is 356 Å². The zero-order chi connectivity index (χ0) is 109. The Hall–Kier alpha value is -9.38. The molecule has 12 heterocycles. The molecule has 802 valence electrons. The van der Waals surface area contributed by atoms with Gasteiger partial charge in [-0.25, -0.2) is 34.1 Å². The van der Waals surface area contributed by atoms with Crippen molar-refractivity contribution >= 4 is 101 Å². The maximum Gasteiger partial charge on any atom is 0.410 e. The van der Waals surface area contributed by atoms with E-state index in [1.807, 2.05) is 220 Å². The smallest absolute Gasteiger partial charge is 0.410 e. The summed E-state index contributed by atoms with van der Waals surface area (Å²) in [5.41, 5.74) is 16.4. The molecule has 0 radical (unpaired) electrons. The Kier molecular flexibility index (Phi) is 33.0. The number of hydrogen-bond donors (Lipinski definition) is 2. The molecule has 10 aliphatic rings. The zero-order valence-electron chi connectivity index (χ0n) is 92.8. The summed E-state index contributed by atoms with van der Waals surface area (Å²) in [5, 5.41) is 25.2. The van der Waals surface area contributed by atoms with Crippen molar-refractivity contribution in [2.75, 3.05) is 79.5 Å². The Morgan fingerprint density at radius 3 is 0.878 bits per heavy atom. The van der Waals surface area contributed by atoms with Crippen LogP contribution in [0.2, 0.25) is 25.1 Å². The van der Waals surface area contributed by atoms with Gasteiger partial charge in [0, 0.05) is 136 Å². The van der Waals surface area contributed by atoms with E-state index in [1.54, 1.807) is 38.6 Å². The summed E-state index contributed by atoms with van der Waals surface area (Å²) in [6.07, 6.45) is 17.0. The number of aliphatic imine (C=N–C) groups is 1. The average molecular weight is 2120 g/mol. The number of piperidine rings is 5. The first-order valence-corrected chi connectivity index (χ1v) is 54.0. The highest BCUT2D eigenvalue weighted by atomic mass is 35.5. The summed E-state index contributed by atoms with van der Waals surface area (Å²) in [7, 11) is 7.60. The van der Waals surface area contributed by atoms with Crippen LogP contribution in [0.3, 0.4) is 0 Å². The molecular formula is C112H159Cl5N20O10. The number of halogens is 5. The Balaban J connectivity index is 0.000000154. The Labute approximate surface area is 896 Å². The van der Waals surface area contributed by atoms with E-state index in [0.29, 0.717) is 78.4 Å². The van der Waals surface area contributed by atoms with E-state index in [9.17, 15) is 34.0 Å². The molecule has 5 aliphatic heterocycles. The highest BCUT2D eigenvalue weighted by Gasteiger charge is 2.60. The Bertz CT molecular complexity index is 6170. The number of rotatable bonds is 10. The van der Waals surface area contributed by atoms with Crippen LogP contribution >= 0.6 is 58.0 Å². The van der Waals surface area contributed by atoms with Crippen molar-refractivity contribution in [1.29, 1.82) is 5.26 Å². The molecule has 5 saturated heterocycles. The molecule has 17 rings (SSSR count). The fraction of sp³-hybridized carbons (Fsp3) is 0.670. The summed E-state index contributed by atoms with van der Waals surface area (Å²) >= 11 is 32.3. The molecule has 147 heavy (non-hydrogen) atoms. The molecule has 7 aromatic heterocycles. The van der Waals surface area contributed by atoms with Gasteiger partial charge in [0.25, 0.3) is 5.91 Å². The maximum absolute atomic E-state index is 13.1. The second-order valence-corrected chi connectivity index (χ2v) is 52.3. The third kappa shape index (κ3) is 23.9. The first-order chi connectivity index (χ1) is 68.0. The van der Waals surface area contributed by atoms with E-state index in [-0.39, 0.29) is 97.8 Å². The van der Waals surface area contributed by atoms with Crippen molar-refractivity contribution in [3.63, 3.8) is 0 Å². The maximum atomic E-state index is 13.1. The number of nitrogens with two attached hydrogens (primary N) is 1. The van der Waals surface area contributed by atoms with Gasteiger partial charge in [-0.3, -0.25) is 43.9 Å². The second kappa shape index (κ2) is 42.3. The van der Waals surface area contributed by atoms with Crippen LogP contribution < -0.4 is 11.1 Å². The van der Waals surface area contributed by atoms with E-state index in [0.717, 1.165) is 194 Å². The molecule has 35 heteroatoms. The molecule has 3 N–H and O–H groups in total. The SMILES string of the molecule is Cc1nc2c(cc1Cl)C(C(C)(C)c1ncnn1C)CC21CCN(C(=O)OC(C)(C)C)CC1.Cc1nc2c(cc1Cl)C(C(C)(C)c1ncnn1C)CC21CCNCC1.Cc1nc2c(cc1Cl)[C@H](C(C)(C)C#N)CC21CCN(C(=O)OC(C)(C)C)CC1.Cc1nc2c(cc1Cl)[C@H](C(C)(C)C(=O)N=CN(C)C)CC21CCN(C(=O)OC(C)(C)C)CC1.Cc1nc2c(cc1Cl)[C@H](C(C)(C)C(N)=O)CC21CCN(C(=O)OC(C)(C)C)CC1. The van der Waals surface area contributed by atoms with Crippen LogP contribution in [-0.4, -0.2) is 223 Å². The van der Waals surface area contributed by atoms with E-state index in [2.05, 4.69) is 76.4 Å². The largest absolute Gasteiger partial charge is 0.444 e. The van der Waals surface area contributed by atoms with Crippen LogP contribution in [0.15, 0.2) is 48.0 Å². The fourth-order valence-electron chi connectivity index (χ4n) is 24.3. The molecule has 0 saturated carbocycles. The number of nitrogens with zero attached hydrogens (tertiary/aromatic N) is 18. The number of nitriles is 1. The lowest BCUT2D eigenvalue weighted by Crippen LogP contribution is -2.46. The van der Waals surface area contributed by atoms with Crippen LogP contribution in [0, 0.1) is 62.2 Å². The molecule has 6 amide bonds. The van der Waals surface area contributed by atoms with Crippen LogP contribution in [-0.2, 0) is 80.5 Å². The van der Waals surface area contributed by atoms with Gasteiger partial charge in [-0.2, -0.15) is 15.5 Å². The van der Waals surface area contributed by atoms with Crippen LogP contribution in [0.25, 0.3) is 0 Å². The standard InChI is InChI=1S/C25H37ClN4O3.C24H34ClN5O2.C22H32ClN3O3.C22H30ClN3O2.C19H26ClN5/c1-16-19(26)13-17-18(24(5,6)21(31)27-15-29(7)8)14-25(20(17)28-16)9-11-30(12-10-25)22(32)33-23(2,3)4;1-15-18(25)12-16-17(23(5,6)20-26-14-27-29(20)7)13-24(19(16)28-15)8-10-30(11-9-24)21(31)32-22(2,3)4;1-13-16(23)11-14-15(21(5,6)18(24)27)12-22(17(14)25-13)7-9-26(10-8-22)19(28)29-20(2,3)4;1-14-17(23)11-15-16(21(5,6)13-24)12-22(18(15)25-14)7-9-26(10-8-22)19(27)28-20(2,3)4;1-12-15(20)9-13-14(18(2,3)17-22-11-23-25(17)4)10-19(16(13)24-12)5-7-21-8-6-19/h13,15,18H,9-12,14H2,1-8H3;12,14,17H,8-11,13H2,1-7H3;11,15H,7-10,12H2,1-6H3,(H2,24,27);11,16H,7-10,12H2,1-6H3;9,11,14,21H,5-8,10H2,1-4H3/t18-;;15-;16-;/m1.11./s1. The van der Waals surface area contributed by atoms with Gasteiger partial charge in [0.2, 0.25) is 5.91 Å². The molecule has 2 unspecified atom stereocenters. The minimum atomic E-state index is -0.715. The van der Waals surface area contributed by atoms with Gasteiger partial charge in [0.1, 0.15) is 46.7 Å². The average Bonchev–Trinajstić information content (AvgIpc) is 1.58. The monoisotopic (exact) mass is 2120 g/mol. The second-order valence-electron chi connectivity index (χ2n) is 50.3. The van der Waals surface area contributed by atoms with Crippen LogP contribution in [0.4, 0.5) is 19.2 Å². The molecule has 5 fully saturated rings. The summed E-state index contributed by atoms with van der Waals surface area (Å²) in [6.45, 7) is 60.1. The molecular weight excluding hydrogens is 1960 g/mol. The Morgan fingerprint density at radius 2 is 0.639 bits per heavy atom. The number of hydrogen-bond acceptors (Lipinski definition) is 21. The van der Waals surface area contributed by atoms with Crippen molar-refractivity contribution in [3.8, 4) is 6.07 Å². The van der Waals surface area contributed by atoms with E-state index in [1.165, 1.54) is 16.8 Å². The minimum absolute atomic E-state index is 0.0475. The molecule has 5 aliphatic carbocycles. The van der Waals surface area contributed by atoms with Gasteiger partial charge in [-0.15, -0.1) is 0 Å². The minimum Gasteiger partial charge on any atom is -0.444 e. The lowest BCUT2D eigenvalue weighted by molar-refractivity contribution is -0.127. The predicted octanol–water partition coefficient (Wildman–Crippen LogP) is 22.8. The molecule has 0 bridgehead atoms. The molecule has 0 aromatic carbocycles. The van der Waals surface area contributed by atoms with E-state index < -0.39 is 38.6 Å². The lowest BCUT2D eigenvalue weighted by atomic mass is 9.70. The highest BCUT2D eigenvalue weighted by molar-refractivity contribution is 6.32. The number of primary amides is 1. The number of aryl methyl sites for hydroxylation is 7. The number of nitrogens with one attached hydrogen (secondary N) is 1. The van der Waals surface area contributed by atoms with Gasteiger partial charge >= 0.3 is 24.4 Å². The summed E-state index contributed by atoms with van der Waals surface area (Å²) in [5.74, 6) is 2.02. The van der Waals surface area contributed by atoms with Crippen molar-refractivity contribution in [2.24, 2.45) is 41.1 Å². The lowest BCUT2D eigenvalue weighted by Gasteiger charge is -2.41. The number of pyridine rings is 5. The third-order valence-electron chi connectivity index (χ3n) is 33.1. The van der Waals surface area contributed by atoms with Gasteiger partial charge < -0.3 is 54.5 Å². The normalized spacial score (nSPS) is 21.1. The van der Waals surface area contributed by atoms with Crippen molar-refractivity contribution in [2.45, 2.75) is 373 Å². The van der Waals surface area contributed by atoms with Gasteiger partial charge in [-0.1, -0.05) is 113 Å². The first-order valence-electron chi connectivity index (χ1n) is 52.2. The number of amides is 6.